The largest absolute Gasteiger partial charge is 0.350 e. The van der Waals surface area contributed by atoms with Gasteiger partial charge in [0.1, 0.15) is 0 Å². The molecule has 1 heterocycles. The summed E-state index contributed by atoms with van der Waals surface area (Å²) in [6.07, 6.45) is 0.773. The number of aromatic amines is 1. The Labute approximate surface area is 181 Å². The molecule has 3 rings (SSSR count). The van der Waals surface area contributed by atoms with Crippen molar-refractivity contribution in [1.82, 2.24) is 15.4 Å². The fourth-order valence-electron chi connectivity index (χ4n) is 3.47. The zero-order valence-electron chi connectivity index (χ0n) is 16.7. The van der Waals surface area contributed by atoms with Gasteiger partial charge >= 0.3 is 5.82 Å². The SMILES string of the molecule is Cc1nc(C)[n+](CC(=O)NC(C)C(Cc2ccc(Cl)cc2)c2ccc(Cl)cc2)[nH]1. The number of benzene rings is 2. The number of amides is 1. The van der Waals surface area contributed by atoms with Crippen molar-refractivity contribution >= 4 is 29.1 Å². The van der Waals surface area contributed by atoms with Gasteiger partial charge in [-0.3, -0.25) is 4.79 Å². The van der Waals surface area contributed by atoms with Crippen LogP contribution in [0.5, 0.6) is 0 Å². The molecule has 0 spiro atoms. The highest BCUT2D eigenvalue weighted by molar-refractivity contribution is 6.30. The van der Waals surface area contributed by atoms with E-state index in [1.165, 1.54) is 0 Å². The number of nitrogens with zero attached hydrogens (tertiary/aromatic N) is 2. The Bertz CT molecular complexity index is 967. The lowest BCUT2D eigenvalue weighted by Gasteiger charge is -2.25. The molecule has 2 N–H and O–H groups in total. The van der Waals surface area contributed by atoms with Gasteiger partial charge in [-0.1, -0.05) is 47.5 Å². The maximum Gasteiger partial charge on any atom is 0.316 e. The second kappa shape index (κ2) is 9.42. The van der Waals surface area contributed by atoms with Crippen molar-refractivity contribution < 1.29 is 9.48 Å². The van der Waals surface area contributed by atoms with E-state index in [0.717, 1.165) is 29.2 Å². The van der Waals surface area contributed by atoms with Gasteiger partial charge in [-0.05, 0) is 53.7 Å². The quantitative estimate of drug-likeness (QED) is 0.551. The number of aryl methyl sites for hydroxylation is 2. The third kappa shape index (κ3) is 5.81. The smallest absolute Gasteiger partial charge is 0.316 e. The number of rotatable bonds is 7. The number of hydrogen-bond donors (Lipinski definition) is 2. The van der Waals surface area contributed by atoms with E-state index < -0.39 is 0 Å². The van der Waals surface area contributed by atoms with Crippen LogP contribution in [0.2, 0.25) is 10.0 Å². The van der Waals surface area contributed by atoms with Gasteiger partial charge in [-0.25, -0.2) is 0 Å². The molecule has 5 nitrogen and oxygen atoms in total. The normalized spacial score (nSPS) is 13.1. The first kappa shape index (κ1) is 21.3. The van der Waals surface area contributed by atoms with Gasteiger partial charge in [0.05, 0.1) is 0 Å². The Balaban J connectivity index is 1.76. The molecule has 0 aliphatic rings. The van der Waals surface area contributed by atoms with Crippen molar-refractivity contribution in [3.8, 4) is 0 Å². The van der Waals surface area contributed by atoms with Gasteiger partial charge in [-0.2, -0.15) is 5.10 Å². The Morgan fingerprint density at radius 2 is 1.66 bits per heavy atom. The first-order valence-corrected chi connectivity index (χ1v) is 10.3. The molecule has 0 aliphatic heterocycles. The molecule has 7 heteroatoms. The van der Waals surface area contributed by atoms with E-state index in [9.17, 15) is 4.79 Å². The number of nitrogens with one attached hydrogen (secondary N) is 2. The molecule has 0 saturated carbocycles. The van der Waals surface area contributed by atoms with Gasteiger partial charge in [0.25, 0.3) is 5.91 Å². The van der Waals surface area contributed by atoms with Crippen LogP contribution in [0.15, 0.2) is 48.5 Å². The lowest BCUT2D eigenvalue weighted by atomic mass is 9.86. The molecule has 3 aromatic rings. The summed E-state index contributed by atoms with van der Waals surface area (Å²) in [5, 5.41) is 7.62. The zero-order valence-corrected chi connectivity index (χ0v) is 18.3. The maximum absolute atomic E-state index is 12.7. The molecule has 1 aromatic heterocycles. The highest BCUT2D eigenvalue weighted by Crippen LogP contribution is 2.26. The van der Waals surface area contributed by atoms with E-state index in [-0.39, 0.29) is 24.4 Å². The predicted octanol–water partition coefficient (Wildman–Crippen LogP) is 4.15. The van der Waals surface area contributed by atoms with Gasteiger partial charge in [0, 0.05) is 35.9 Å². The van der Waals surface area contributed by atoms with E-state index in [2.05, 4.69) is 15.4 Å². The number of carbonyl (C=O) groups is 1. The number of H-pyrrole nitrogens is 1. The highest BCUT2D eigenvalue weighted by Gasteiger charge is 2.23. The van der Waals surface area contributed by atoms with E-state index >= 15 is 0 Å². The summed E-state index contributed by atoms with van der Waals surface area (Å²) < 4.78 is 1.74. The average Bonchev–Trinajstić information content (AvgIpc) is 2.98. The molecule has 1 amide bonds. The highest BCUT2D eigenvalue weighted by atomic mass is 35.5. The van der Waals surface area contributed by atoms with Crippen LogP contribution in [0.4, 0.5) is 0 Å². The molecule has 29 heavy (non-hydrogen) atoms. The van der Waals surface area contributed by atoms with Gasteiger partial charge in [-0.15, -0.1) is 4.68 Å². The van der Waals surface area contributed by atoms with Gasteiger partial charge in [0.2, 0.25) is 5.82 Å². The van der Waals surface area contributed by atoms with Crippen molar-refractivity contribution in [3.63, 3.8) is 0 Å². The fourth-order valence-corrected chi connectivity index (χ4v) is 3.72. The lowest BCUT2D eigenvalue weighted by Crippen LogP contribution is -2.49. The Morgan fingerprint density at radius 3 is 2.21 bits per heavy atom. The minimum atomic E-state index is -0.0794. The second-order valence-corrected chi connectivity index (χ2v) is 8.16. The standard InChI is InChI=1S/C22H24Cl2N4O/c1-14(25-22(29)13-28-16(3)26-15(2)27-28)21(18-6-10-20(24)11-7-18)12-17-4-8-19(23)9-5-17/h4-11,14,21H,12-13H2,1-3H3,(H,25,29)/p+1. The Hall–Kier alpha value is -2.37. The molecule has 152 valence electrons. The summed E-state index contributed by atoms with van der Waals surface area (Å²) in [6.45, 7) is 5.97. The van der Waals surface area contributed by atoms with Crippen LogP contribution < -0.4 is 10.00 Å². The van der Waals surface area contributed by atoms with Crippen molar-refractivity contribution in [2.75, 3.05) is 0 Å². The lowest BCUT2D eigenvalue weighted by molar-refractivity contribution is -0.745. The fraction of sp³-hybridized carbons (Fsp3) is 0.318. The van der Waals surface area contributed by atoms with Crippen LogP contribution in [0.1, 0.15) is 35.6 Å². The summed E-state index contributed by atoms with van der Waals surface area (Å²) in [7, 11) is 0. The minimum Gasteiger partial charge on any atom is -0.350 e. The Kier molecular flexibility index (Phi) is 6.93. The monoisotopic (exact) mass is 431 g/mol. The van der Waals surface area contributed by atoms with Gasteiger partial charge in [0.15, 0.2) is 6.54 Å². The van der Waals surface area contributed by atoms with Crippen molar-refractivity contribution in [1.29, 1.82) is 0 Å². The molecule has 0 fully saturated rings. The predicted molar refractivity (Wildman–Crippen MR) is 115 cm³/mol. The van der Waals surface area contributed by atoms with Crippen LogP contribution in [-0.4, -0.2) is 22.0 Å². The van der Waals surface area contributed by atoms with Crippen LogP contribution >= 0.6 is 23.2 Å². The van der Waals surface area contributed by atoms with Crippen LogP contribution in [-0.2, 0) is 17.8 Å². The van der Waals surface area contributed by atoms with Crippen LogP contribution in [0.3, 0.4) is 0 Å². The first-order chi connectivity index (χ1) is 13.8. The number of halogens is 2. The van der Waals surface area contributed by atoms with Gasteiger partial charge < -0.3 is 5.32 Å². The Morgan fingerprint density at radius 1 is 1.07 bits per heavy atom. The summed E-state index contributed by atoms with van der Waals surface area (Å²) >= 11 is 12.1. The number of carbonyl (C=O) groups excluding carboxylic acids is 1. The van der Waals surface area contributed by atoms with E-state index in [4.69, 9.17) is 23.2 Å². The number of hydrogen-bond acceptors (Lipinski definition) is 2. The molecule has 0 saturated heterocycles. The number of aromatic nitrogens is 3. The molecule has 2 aromatic carbocycles. The van der Waals surface area contributed by atoms with Crippen molar-refractivity contribution in [3.05, 3.63) is 81.4 Å². The summed E-state index contributed by atoms with van der Waals surface area (Å²) in [6, 6.07) is 15.5. The van der Waals surface area contributed by atoms with Crippen molar-refractivity contribution in [2.45, 2.75) is 45.7 Å². The summed E-state index contributed by atoms with van der Waals surface area (Å²) in [4.78, 5) is 17.0. The molecule has 0 aliphatic carbocycles. The first-order valence-electron chi connectivity index (χ1n) is 9.54. The minimum absolute atomic E-state index is 0.0654. The molecule has 0 bridgehead atoms. The average molecular weight is 432 g/mol. The second-order valence-electron chi connectivity index (χ2n) is 7.29. The third-order valence-corrected chi connectivity index (χ3v) is 5.48. The zero-order chi connectivity index (χ0) is 21.0. The van der Waals surface area contributed by atoms with Crippen LogP contribution in [0, 0.1) is 13.8 Å². The summed E-state index contributed by atoms with van der Waals surface area (Å²) in [5.74, 6) is 1.59. The topological polar surface area (TPSA) is 61.7 Å². The van der Waals surface area contributed by atoms with Crippen LogP contribution in [0.25, 0.3) is 0 Å². The molecule has 2 unspecified atom stereocenters. The molecule has 2 atom stereocenters. The molecule has 0 radical (unpaired) electrons. The van der Waals surface area contributed by atoms with E-state index in [1.807, 2.05) is 69.3 Å². The summed E-state index contributed by atoms with van der Waals surface area (Å²) in [5.41, 5.74) is 2.28. The maximum atomic E-state index is 12.7. The third-order valence-electron chi connectivity index (χ3n) is 4.98. The van der Waals surface area contributed by atoms with E-state index in [1.54, 1.807) is 4.68 Å². The van der Waals surface area contributed by atoms with Crippen molar-refractivity contribution in [2.24, 2.45) is 0 Å². The molecular formula is C22H25Cl2N4O+. The van der Waals surface area contributed by atoms with E-state index in [0.29, 0.717) is 10.0 Å². The molecular weight excluding hydrogens is 407 g/mol.